The molecule has 0 spiro atoms. The smallest absolute Gasteiger partial charge is 0.246 e. The SMILES string of the molecule is CCOc1c(N=Nc2ccc(OC)cc2)c(C)nn1C(=S)S. The number of hydrogen-bond donors (Lipinski definition) is 1. The van der Waals surface area contributed by atoms with Crippen LogP contribution in [0.15, 0.2) is 34.5 Å². The summed E-state index contributed by atoms with van der Waals surface area (Å²) < 4.78 is 12.4. The minimum Gasteiger partial charge on any atom is -0.497 e. The molecule has 0 amide bonds. The Hall–Kier alpha value is -1.93. The van der Waals surface area contributed by atoms with Gasteiger partial charge >= 0.3 is 0 Å². The maximum Gasteiger partial charge on any atom is 0.246 e. The van der Waals surface area contributed by atoms with Gasteiger partial charge in [-0.25, -0.2) is 0 Å². The number of nitrogens with zero attached hydrogens (tertiary/aromatic N) is 4. The van der Waals surface area contributed by atoms with E-state index in [-0.39, 0.29) is 4.32 Å². The lowest BCUT2D eigenvalue weighted by Crippen LogP contribution is -2.07. The van der Waals surface area contributed by atoms with E-state index >= 15 is 0 Å². The summed E-state index contributed by atoms with van der Waals surface area (Å²) in [5.74, 6) is 1.20. The van der Waals surface area contributed by atoms with E-state index in [4.69, 9.17) is 21.7 Å². The number of methoxy groups -OCH3 is 1. The fourth-order valence-corrected chi connectivity index (χ4v) is 2.02. The lowest BCUT2D eigenvalue weighted by molar-refractivity contribution is 0.321. The first-order valence-electron chi connectivity index (χ1n) is 6.58. The molecule has 0 unspecified atom stereocenters. The van der Waals surface area contributed by atoms with Crippen LogP contribution in [-0.4, -0.2) is 27.8 Å². The van der Waals surface area contributed by atoms with Gasteiger partial charge in [0.05, 0.1) is 25.1 Å². The molecule has 0 saturated heterocycles. The quantitative estimate of drug-likeness (QED) is 0.508. The molecule has 116 valence electrons. The fourth-order valence-electron chi connectivity index (χ4n) is 1.77. The molecular weight excluding hydrogens is 320 g/mol. The molecule has 0 aliphatic heterocycles. The van der Waals surface area contributed by atoms with E-state index in [0.717, 1.165) is 5.75 Å². The van der Waals surface area contributed by atoms with Crippen LogP contribution in [0.3, 0.4) is 0 Å². The zero-order valence-corrected chi connectivity index (χ0v) is 14.2. The molecular formula is C14H16N4O2S2. The van der Waals surface area contributed by atoms with Crippen molar-refractivity contribution in [2.24, 2.45) is 10.2 Å². The summed E-state index contributed by atoms with van der Waals surface area (Å²) in [6.07, 6.45) is 0. The zero-order chi connectivity index (χ0) is 16.1. The summed E-state index contributed by atoms with van der Waals surface area (Å²) in [6, 6.07) is 7.26. The van der Waals surface area contributed by atoms with E-state index in [1.165, 1.54) is 4.68 Å². The van der Waals surface area contributed by atoms with E-state index in [0.29, 0.717) is 29.6 Å². The third-order valence-electron chi connectivity index (χ3n) is 2.79. The lowest BCUT2D eigenvalue weighted by Gasteiger charge is -2.05. The zero-order valence-electron chi connectivity index (χ0n) is 12.5. The maximum atomic E-state index is 5.57. The first-order valence-corrected chi connectivity index (χ1v) is 7.43. The van der Waals surface area contributed by atoms with Crippen molar-refractivity contribution in [3.8, 4) is 11.6 Å². The Morgan fingerprint density at radius 2 is 2.00 bits per heavy atom. The summed E-state index contributed by atoms with van der Waals surface area (Å²) in [5, 5.41) is 12.7. The Morgan fingerprint density at radius 1 is 1.32 bits per heavy atom. The second-order valence-electron chi connectivity index (χ2n) is 4.26. The first kappa shape index (κ1) is 16.4. The van der Waals surface area contributed by atoms with Gasteiger partial charge in [0.1, 0.15) is 5.75 Å². The van der Waals surface area contributed by atoms with Crippen molar-refractivity contribution >= 4 is 40.5 Å². The molecule has 0 saturated carbocycles. The summed E-state index contributed by atoms with van der Waals surface area (Å²) >= 11 is 9.18. The molecule has 0 N–H and O–H groups in total. The topological polar surface area (TPSA) is 61.0 Å². The third-order valence-corrected chi connectivity index (χ3v) is 3.15. The molecule has 2 rings (SSSR count). The van der Waals surface area contributed by atoms with Crippen LogP contribution >= 0.6 is 24.8 Å². The Bertz CT molecular complexity index is 696. The highest BCUT2D eigenvalue weighted by Crippen LogP contribution is 2.33. The number of azo groups is 1. The van der Waals surface area contributed by atoms with Crippen LogP contribution in [0.2, 0.25) is 0 Å². The third kappa shape index (κ3) is 3.63. The van der Waals surface area contributed by atoms with Gasteiger partial charge < -0.3 is 9.47 Å². The van der Waals surface area contributed by atoms with Gasteiger partial charge in [0, 0.05) is 0 Å². The summed E-state index contributed by atoms with van der Waals surface area (Å²) in [6.45, 7) is 4.15. The van der Waals surface area contributed by atoms with Crippen LogP contribution in [0.1, 0.15) is 12.6 Å². The first-order chi connectivity index (χ1) is 10.6. The average molecular weight is 336 g/mol. The van der Waals surface area contributed by atoms with E-state index in [2.05, 4.69) is 28.0 Å². The van der Waals surface area contributed by atoms with Crippen LogP contribution < -0.4 is 9.47 Å². The van der Waals surface area contributed by atoms with Crippen LogP contribution in [0.4, 0.5) is 11.4 Å². The van der Waals surface area contributed by atoms with E-state index in [1.54, 1.807) is 7.11 Å². The van der Waals surface area contributed by atoms with Gasteiger partial charge in [-0.15, -0.1) is 17.7 Å². The normalized spacial score (nSPS) is 10.9. The molecule has 0 radical (unpaired) electrons. The molecule has 0 aliphatic rings. The van der Waals surface area contributed by atoms with Gasteiger partial charge in [-0.2, -0.15) is 14.9 Å². The number of thiocarbonyl (C=S) groups is 1. The van der Waals surface area contributed by atoms with E-state index < -0.39 is 0 Å². The van der Waals surface area contributed by atoms with Gasteiger partial charge in [-0.3, -0.25) is 0 Å². The van der Waals surface area contributed by atoms with Gasteiger partial charge in [-0.05, 0) is 38.1 Å². The Morgan fingerprint density at radius 3 is 2.55 bits per heavy atom. The highest BCUT2D eigenvalue weighted by atomic mass is 32.1. The highest BCUT2D eigenvalue weighted by molar-refractivity contribution is 8.11. The summed E-state index contributed by atoms with van der Waals surface area (Å²) in [5.41, 5.74) is 1.90. The van der Waals surface area contributed by atoms with Crippen molar-refractivity contribution in [1.29, 1.82) is 0 Å². The minimum atomic E-state index is 0.289. The number of benzene rings is 1. The van der Waals surface area contributed by atoms with Crippen LogP contribution in [0.5, 0.6) is 11.6 Å². The van der Waals surface area contributed by atoms with Gasteiger partial charge in [-0.1, -0.05) is 12.2 Å². The predicted molar refractivity (Wildman–Crippen MR) is 92.3 cm³/mol. The summed E-state index contributed by atoms with van der Waals surface area (Å²) in [4.78, 5) is 0. The molecule has 0 bridgehead atoms. The molecule has 1 aromatic carbocycles. The molecule has 0 atom stereocenters. The van der Waals surface area contributed by atoms with Crippen molar-refractivity contribution in [3.63, 3.8) is 0 Å². The fraction of sp³-hybridized carbons (Fsp3) is 0.286. The van der Waals surface area contributed by atoms with Crippen LogP contribution in [-0.2, 0) is 0 Å². The Balaban J connectivity index is 2.34. The number of aryl methyl sites for hydroxylation is 1. The number of ether oxygens (including phenoxy) is 2. The molecule has 6 nitrogen and oxygen atoms in total. The summed E-state index contributed by atoms with van der Waals surface area (Å²) in [7, 11) is 1.61. The van der Waals surface area contributed by atoms with Crippen molar-refractivity contribution < 1.29 is 9.47 Å². The Kier molecular flexibility index (Phi) is 5.51. The van der Waals surface area contributed by atoms with Crippen molar-refractivity contribution in [3.05, 3.63) is 30.0 Å². The molecule has 0 fully saturated rings. The molecule has 22 heavy (non-hydrogen) atoms. The van der Waals surface area contributed by atoms with E-state index in [1.807, 2.05) is 38.1 Å². The van der Waals surface area contributed by atoms with Gasteiger partial charge in [0.15, 0.2) is 10.0 Å². The molecule has 1 aromatic heterocycles. The average Bonchev–Trinajstić information content (AvgIpc) is 2.82. The minimum absolute atomic E-state index is 0.289. The van der Waals surface area contributed by atoms with Gasteiger partial charge in [0.2, 0.25) is 5.88 Å². The largest absolute Gasteiger partial charge is 0.497 e. The molecule has 0 aliphatic carbocycles. The second-order valence-corrected chi connectivity index (χ2v) is 5.38. The number of rotatable bonds is 5. The monoisotopic (exact) mass is 336 g/mol. The standard InChI is InChI=1S/C14H16N4O2S2/c1-4-20-13-12(9(2)17-18(13)14(21)22)16-15-10-5-7-11(19-3)8-6-10/h5-8H,4H2,1-3H3,(H,21,22). The van der Waals surface area contributed by atoms with Gasteiger partial charge in [0.25, 0.3) is 0 Å². The molecule has 2 aromatic rings. The molecule has 1 heterocycles. The number of thiol groups is 1. The van der Waals surface area contributed by atoms with Crippen LogP contribution in [0, 0.1) is 6.92 Å². The van der Waals surface area contributed by atoms with Crippen molar-refractivity contribution in [2.75, 3.05) is 13.7 Å². The van der Waals surface area contributed by atoms with Crippen LogP contribution in [0.25, 0.3) is 0 Å². The predicted octanol–water partition coefficient (Wildman–Crippen LogP) is 4.08. The Labute approximate surface area is 139 Å². The lowest BCUT2D eigenvalue weighted by atomic mass is 10.3. The number of aromatic nitrogens is 2. The highest BCUT2D eigenvalue weighted by Gasteiger charge is 2.18. The second kappa shape index (κ2) is 7.37. The van der Waals surface area contributed by atoms with E-state index in [9.17, 15) is 0 Å². The van der Waals surface area contributed by atoms with Crippen molar-refractivity contribution in [1.82, 2.24) is 9.78 Å². The maximum absolute atomic E-state index is 5.57. The number of hydrogen-bond acceptors (Lipinski definition) is 6. The molecule has 8 heteroatoms. The van der Waals surface area contributed by atoms with Crippen molar-refractivity contribution in [2.45, 2.75) is 13.8 Å².